The van der Waals surface area contributed by atoms with Gasteiger partial charge in [-0.15, -0.1) is 5.10 Å². The number of hydrogen-bond donors (Lipinski definition) is 1. The Labute approximate surface area is 228 Å². The molecule has 4 heterocycles. The Morgan fingerprint density at radius 2 is 1.95 bits per heavy atom. The number of alkyl halides is 2. The van der Waals surface area contributed by atoms with Crippen molar-refractivity contribution in [3.05, 3.63) is 65.5 Å². The van der Waals surface area contributed by atoms with Crippen molar-refractivity contribution in [1.29, 1.82) is 0 Å². The van der Waals surface area contributed by atoms with Crippen molar-refractivity contribution < 1.29 is 22.7 Å². The minimum absolute atomic E-state index is 0.0451. The third-order valence-corrected chi connectivity index (χ3v) is 7.92. The Hall–Kier alpha value is -4.16. The standard InChI is InChI=1S/C27H29F3N8O2/c1-36-25(33-34-35-36)16-4-6-19(7-5-16)32-26(39)22-15-31-38-10-8-20(14-24(22)38)37-9-2-3-23(37)17-11-18(28)13-21(12-17)40-27(29)30/h8,10-16,19,23,27H,2-7,9H2,1H3,(H,32,39)/t16?,19?,23-/m1/s1. The number of carbonyl (C=O) groups excluding carboxylic acids is 1. The van der Waals surface area contributed by atoms with Crippen LogP contribution in [0.25, 0.3) is 5.52 Å². The Morgan fingerprint density at radius 3 is 2.70 bits per heavy atom. The fourth-order valence-corrected chi connectivity index (χ4v) is 6.03. The molecule has 1 aliphatic heterocycles. The molecule has 1 N–H and O–H groups in total. The largest absolute Gasteiger partial charge is 0.435 e. The molecule has 3 aromatic heterocycles. The molecule has 10 nitrogen and oxygen atoms in total. The number of fused-ring (bicyclic) bond motifs is 1. The van der Waals surface area contributed by atoms with Gasteiger partial charge in [-0.25, -0.2) is 13.6 Å². The number of tetrazole rings is 1. The number of rotatable bonds is 7. The highest BCUT2D eigenvalue weighted by Gasteiger charge is 2.30. The van der Waals surface area contributed by atoms with Crippen LogP contribution in [0, 0.1) is 5.82 Å². The summed E-state index contributed by atoms with van der Waals surface area (Å²) in [6.07, 6.45) is 8.35. The number of amides is 1. The van der Waals surface area contributed by atoms with Gasteiger partial charge in [0, 0.05) is 43.5 Å². The topological polar surface area (TPSA) is 102 Å². The number of aryl methyl sites for hydroxylation is 1. The lowest BCUT2D eigenvalue weighted by Gasteiger charge is -2.28. The van der Waals surface area contributed by atoms with E-state index in [1.54, 1.807) is 21.6 Å². The molecule has 1 aliphatic carbocycles. The zero-order valence-electron chi connectivity index (χ0n) is 21.9. The molecule has 40 heavy (non-hydrogen) atoms. The lowest BCUT2D eigenvalue weighted by atomic mass is 9.85. The van der Waals surface area contributed by atoms with Crippen LogP contribution in [0.2, 0.25) is 0 Å². The Morgan fingerprint density at radius 1 is 1.12 bits per heavy atom. The highest BCUT2D eigenvalue weighted by atomic mass is 19.3. The lowest BCUT2D eigenvalue weighted by molar-refractivity contribution is -0.0500. The molecule has 1 aromatic carbocycles. The number of carbonyl (C=O) groups is 1. The smallest absolute Gasteiger partial charge is 0.387 e. The molecule has 2 aliphatic rings. The number of ether oxygens (including phenoxy) is 1. The molecule has 1 saturated carbocycles. The van der Waals surface area contributed by atoms with Crippen LogP contribution < -0.4 is 15.0 Å². The van der Waals surface area contributed by atoms with E-state index in [4.69, 9.17) is 0 Å². The Bertz CT molecular complexity index is 1510. The van der Waals surface area contributed by atoms with E-state index < -0.39 is 12.4 Å². The first kappa shape index (κ1) is 26.1. The molecule has 13 heteroatoms. The van der Waals surface area contributed by atoms with Gasteiger partial charge < -0.3 is 15.0 Å². The predicted octanol–water partition coefficient (Wildman–Crippen LogP) is 4.40. The van der Waals surface area contributed by atoms with Gasteiger partial charge in [0.1, 0.15) is 11.6 Å². The van der Waals surface area contributed by atoms with Crippen LogP contribution in [0.4, 0.5) is 18.9 Å². The molecule has 0 spiro atoms. The molecule has 2 fully saturated rings. The van der Waals surface area contributed by atoms with Gasteiger partial charge in [-0.3, -0.25) is 4.79 Å². The number of halogens is 3. The van der Waals surface area contributed by atoms with Crippen LogP contribution in [0.1, 0.15) is 72.2 Å². The zero-order chi connectivity index (χ0) is 27.8. The number of benzene rings is 1. The summed E-state index contributed by atoms with van der Waals surface area (Å²) in [5, 5.41) is 19.3. The quantitative estimate of drug-likeness (QED) is 0.361. The van der Waals surface area contributed by atoms with Crippen molar-refractivity contribution in [2.45, 2.75) is 63.1 Å². The second kappa shape index (κ2) is 10.8. The average molecular weight is 555 g/mol. The fourth-order valence-electron chi connectivity index (χ4n) is 6.03. The number of anilines is 1. The van der Waals surface area contributed by atoms with Crippen LogP contribution in [-0.4, -0.2) is 54.9 Å². The molecule has 4 aromatic rings. The molecule has 6 rings (SSSR count). The number of pyridine rings is 1. The summed E-state index contributed by atoms with van der Waals surface area (Å²) >= 11 is 0. The highest BCUT2D eigenvalue weighted by molar-refractivity contribution is 6.01. The maximum atomic E-state index is 14.3. The predicted molar refractivity (Wildman–Crippen MR) is 139 cm³/mol. The molecule has 0 unspecified atom stereocenters. The molecule has 0 radical (unpaired) electrons. The van der Waals surface area contributed by atoms with Crippen molar-refractivity contribution in [2.75, 3.05) is 11.4 Å². The Balaban J connectivity index is 1.18. The van der Waals surface area contributed by atoms with E-state index in [1.807, 2.05) is 19.2 Å². The maximum absolute atomic E-state index is 14.3. The van der Waals surface area contributed by atoms with Crippen LogP contribution >= 0.6 is 0 Å². The molecule has 1 amide bonds. The third kappa shape index (κ3) is 5.19. The van der Waals surface area contributed by atoms with Crippen LogP contribution in [0.5, 0.6) is 5.75 Å². The minimum Gasteiger partial charge on any atom is -0.435 e. The van der Waals surface area contributed by atoms with Gasteiger partial charge in [-0.2, -0.15) is 13.9 Å². The average Bonchev–Trinajstić information content (AvgIpc) is 3.67. The molecular weight excluding hydrogens is 525 g/mol. The molecule has 210 valence electrons. The number of nitrogens with one attached hydrogen (secondary N) is 1. The number of aromatic nitrogens is 6. The SMILES string of the molecule is Cn1nnnc1C1CCC(NC(=O)c2cnn3ccc(N4CCC[C@@H]4c4cc(F)cc(OC(F)F)c4)cc23)CC1. The van der Waals surface area contributed by atoms with E-state index >= 15 is 0 Å². The zero-order valence-corrected chi connectivity index (χ0v) is 21.9. The molecule has 1 atom stereocenters. The van der Waals surface area contributed by atoms with E-state index in [1.165, 1.54) is 12.1 Å². The normalized spacial score (nSPS) is 21.3. The van der Waals surface area contributed by atoms with Gasteiger partial charge in [0.25, 0.3) is 5.91 Å². The highest BCUT2D eigenvalue weighted by Crippen LogP contribution is 2.38. The summed E-state index contributed by atoms with van der Waals surface area (Å²) in [4.78, 5) is 15.4. The lowest BCUT2D eigenvalue weighted by Crippen LogP contribution is -2.37. The van der Waals surface area contributed by atoms with Gasteiger partial charge in [0.05, 0.1) is 23.3 Å². The maximum Gasteiger partial charge on any atom is 0.387 e. The van der Waals surface area contributed by atoms with Gasteiger partial charge in [-0.05, 0) is 78.8 Å². The van der Waals surface area contributed by atoms with Crippen molar-refractivity contribution in [2.24, 2.45) is 7.05 Å². The van der Waals surface area contributed by atoms with Crippen LogP contribution in [0.15, 0.2) is 42.7 Å². The first-order valence-corrected chi connectivity index (χ1v) is 13.4. The first-order chi connectivity index (χ1) is 19.4. The van der Waals surface area contributed by atoms with Crippen molar-refractivity contribution >= 4 is 17.1 Å². The fraction of sp³-hybridized carbons (Fsp3) is 0.444. The number of nitrogens with zero attached hydrogens (tertiary/aromatic N) is 7. The van der Waals surface area contributed by atoms with Gasteiger partial charge in [-0.1, -0.05) is 0 Å². The van der Waals surface area contributed by atoms with E-state index in [-0.39, 0.29) is 29.7 Å². The second-order valence-corrected chi connectivity index (χ2v) is 10.4. The summed E-state index contributed by atoms with van der Waals surface area (Å²) in [6.45, 7) is -2.34. The van der Waals surface area contributed by atoms with Gasteiger partial charge >= 0.3 is 6.61 Å². The van der Waals surface area contributed by atoms with E-state index in [9.17, 15) is 18.0 Å². The third-order valence-electron chi connectivity index (χ3n) is 7.92. The van der Waals surface area contributed by atoms with Gasteiger partial charge in [0.2, 0.25) is 0 Å². The first-order valence-electron chi connectivity index (χ1n) is 13.4. The summed E-state index contributed by atoms with van der Waals surface area (Å²) < 4.78 is 47.6. The minimum atomic E-state index is -3.03. The Kier molecular flexibility index (Phi) is 7.03. The second-order valence-electron chi connectivity index (χ2n) is 10.4. The van der Waals surface area contributed by atoms with E-state index in [0.29, 0.717) is 23.2 Å². The van der Waals surface area contributed by atoms with Crippen LogP contribution in [-0.2, 0) is 7.05 Å². The monoisotopic (exact) mass is 554 g/mol. The molecular formula is C27H29F3N8O2. The van der Waals surface area contributed by atoms with Crippen molar-refractivity contribution in [3.63, 3.8) is 0 Å². The van der Waals surface area contributed by atoms with E-state index in [2.05, 4.69) is 35.6 Å². The van der Waals surface area contributed by atoms with Gasteiger partial charge in [0.15, 0.2) is 5.82 Å². The molecule has 0 bridgehead atoms. The molecule has 1 saturated heterocycles. The summed E-state index contributed by atoms with van der Waals surface area (Å²) in [5.74, 6) is 0.123. The summed E-state index contributed by atoms with van der Waals surface area (Å²) in [5.41, 5.74) is 2.52. The van der Waals surface area contributed by atoms with E-state index in [0.717, 1.165) is 56.1 Å². The summed E-state index contributed by atoms with van der Waals surface area (Å²) in [7, 11) is 1.84. The van der Waals surface area contributed by atoms with Crippen LogP contribution in [0.3, 0.4) is 0 Å². The number of hydrogen-bond acceptors (Lipinski definition) is 7. The van der Waals surface area contributed by atoms with Crippen molar-refractivity contribution in [3.8, 4) is 5.75 Å². The summed E-state index contributed by atoms with van der Waals surface area (Å²) in [6, 6.07) is 7.38. The van der Waals surface area contributed by atoms with Crippen molar-refractivity contribution in [1.82, 2.24) is 35.1 Å².